The molecule has 5 nitrogen and oxygen atoms in total. The summed E-state index contributed by atoms with van der Waals surface area (Å²) in [5, 5.41) is 0. The van der Waals surface area contributed by atoms with Gasteiger partial charge >= 0.3 is 11.9 Å². The molecule has 0 aliphatic carbocycles. The van der Waals surface area contributed by atoms with Crippen LogP contribution in [0.3, 0.4) is 0 Å². The molecule has 98 valence electrons. The van der Waals surface area contributed by atoms with E-state index in [0.29, 0.717) is 6.42 Å². The van der Waals surface area contributed by atoms with Gasteiger partial charge in [-0.05, 0) is 0 Å². The van der Waals surface area contributed by atoms with Crippen LogP contribution in [0, 0.1) is 11.8 Å². The summed E-state index contributed by atoms with van der Waals surface area (Å²) in [6, 6.07) is 0. The molecule has 0 saturated heterocycles. The Bertz CT molecular complexity index is 388. The van der Waals surface area contributed by atoms with Crippen molar-refractivity contribution in [3.05, 3.63) is 12.2 Å². The zero-order valence-electron chi connectivity index (χ0n) is 10.5. The van der Waals surface area contributed by atoms with E-state index < -0.39 is 0 Å². The topological polar surface area (TPSA) is 61.8 Å². The van der Waals surface area contributed by atoms with Crippen molar-refractivity contribution in [3.63, 3.8) is 0 Å². The second-order valence-corrected chi connectivity index (χ2v) is 3.71. The number of carbonyl (C=O) groups excluding carboxylic acids is 2. The molecule has 1 aliphatic rings. The Morgan fingerprint density at radius 1 is 1.28 bits per heavy atom. The third-order valence-corrected chi connectivity index (χ3v) is 2.23. The standard InChI is InChI=1S/C13H16O5/c1-10(14)17-9-12-8-7-11(18-12)5-3-4-6-13(15)16-2/h7-8,11-12H,5-6,9H2,1-2H3/t11-,12+/m1/s1. The average Bonchev–Trinajstić information content (AvgIpc) is 2.79. The van der Waals surface area contributed by atoms with Crippen molar-refractivity contribution in [3.8, 4) is 11.8 Å². The van der Waals surface area contributed by atoms with Crippen LogP contribution < -0.4 is 0 Å². The van der Waals surface area contributed by atoms with E-state index in [2.05, 4.69) is 16.6 Å². The van der Waals surface area contributed by atoms with E-state index in [1.165, 1.54) is 14.0 Å². The lowest BCUT2D eigenvalue weighted by Crippen LogP contribution is -2.19. The first-order valence-electron chi connectivity index (χ1n) is 5.61. The molecule has 5 heteroatoms. The molecule has 0 aromatic carbocycles. The molecule has 0 unspecified atom stereocenters. The molecule has 18 heavy (non-hydrogen) atoms. The third kappa shape index (κ3) is 5.51. The zero-order valence-corrected chi connectivity index (χ0v) is 10.5. The van der Waals surface area contributed by atoms with Gasteiger partial charge in [0.2, 0.25) is 0 Å². The van der Waals surface area contributed by atoms with Gasteiger partial charge in [-0.1, -0.05) is 24.0 Å². The highest BCUT2D eigenvalue weighted by atomic mass is 16.6. The Labute approximate surface area is 106 Å². The van der Waals surface area contributed by atoms with Crippen molar-refractivity contribution in [2.75, 3.05) is 13.7 Å². The van der Waals surface area contributed by atoms with E-state index in [9.17, 15) is 9.59 Å². The van der Waals surface area contributed by atoms with Gasteiger partial charge in [-0.3, -0.25) is 9.59 Å². The fourth-order valence-electron chi connectivity index (χ4n) is 1.35. The lowest BCUT2D eigenvalue weighted by molar-refractivity contribution is -0.144. The minimum absolute atomic E-state index is 0.0871. The number of rotatable bonds is 4. The average molecular weight is 252 g/mol. The number of esters is 2. The van der Waals surface area contributed by atoms with Gasteiger partial charge in [0.05, 0.1) is 13.2 Å². The molecule has 0 spiro atoms. The second kappa shape index (κ2) is 7.51. The van der Waals surface area contributed by atoms with E-state index in [1.807, 2.05) is 12.2 Å². The highest BCUT2D eigenvalue weighted by molar-refractivity contribution is 5.72. The van der Waals surface area contributed by atoms with E-state index in [-0.39, 0.29) is 37.2 Å². The molecule has 1 heterocycles. The summed E-state index contributed by atoms with van der Waals surface area (Å²) in [5.41, 5.74) is 0. The van der Waals surface area contributed by atoms with Gasteiger partial charge < -0.3 is 14.2 Å². The monoisotopic (exact) mass is 252 g/mol. The molecule has 0 aromatic rings. The summed E-state index contributed by atoms with van der Waals surface area (Å²) in [6.07, 6.45) is 3.99. The molecule has 2 atom stereocenters. The Balaban J connectivity index is 2.21. The number of carbonyl (C=O) groups is 2. The molecule has 0 aromatic heterocycles. The van der Waals surface area contributed by atoms with Crippen LogP contribution in [0.1, 0.15) is 19.8 Å². The fourth-order valence-corrected chi connectivity index (χ4v) is 1.35. The van der Waals surface area contributed by atoms with Gasteiger partial charge in [0, 0.05) is 13.3 Å². The van der Waals surface area contributed by atoms with Crippen LogP contribution in [0.2, 0.25) is 0 Å². The normalized spacial score (nSPS) is 21.0. The van der Waals surface area contributed by atoms with Crippen LogP contribution >= 0.6 is 0 Å². The van der Waals surface area contributed by atoms with Gasteiger partial charge in [-0.2, -0.15) is 0 Å². The predicted octanol–water partition coefficient (Wildman–Crippen LogP) is 0.830. The SMILES string of the molecule is COC(=O)CC#CC[C@@H]1C=C[C@@H](COC(C)=O)O1. The molecular weight excluding hydrogens is 236 g/mol. The van der Waals surface area contributed by atoms with Gasteiger partial charge in [0.1, 0.15) is 19.1 Å². The van der Waals surface area contributed by atoms with Crippen molar-refractivity contribution in [2.45, 2.75) is 32.0 Å². The number of ether oxygens (including phenoxy) is 3. The molecule has 1 aliphatic heterocycles. The number of hydrogen-bond acceptors (Lipinski definition) is 5. The smallest absolute Gasteiger partial charge is 0.317 e. The first kappa shape index (κ1) is 14.3. The molecule has 0 saturated carbocycles. The summed E-state index contributed by atoms with van der Waals surface area (Å²) in [5.74, 6) is 4.87. The minimum atomic E-state index is -0.349. The summed E-state index contributed by atoms with van der Waals surface area (Å²) in [6.45, 7) is 1.58. The first-order chi connectivity index (χ1) is 8.61. The fraction of sp³-hybridized carbons (Fsp3) is 0.538. The summed E-state index contributed by atoms with van der Waals surface area (Å²) < 4.78 is 14.8. The van der Waals surface area contributed by atoms with Crippen LogP contribution in [0.5, 0.6) is 0 Å². The van der Waals surface area contributed by atoms with Crippen LogP contribution in [0.4, 0.5) is 0 Å². The highest BCUT2D eigenvalue weighted by Crippen LogP contribution is 2.14. The Morgan fingerprint density at radius 3 is 2.67 bits per heavy atom. The van der Waals surface area contributed by atoms with Crippen molar-refractivity contribution < 1.29 is 23.8 Å². The largest absolute Gasteiger partial charge is 0.468 e. The highest BCUT2D eigenvalue weighted by Gasteiger charge is 2.19. The van der Waals surface area contributed by atoms with Gasteiger partial charge in [0.25, 0.3) is 0 Å². The Hall–Kier alpha value is -1.80. The zero-order chi connectivity index (χ0) is 13.4. The molecule has 0 bridgehead atoms. The van der Waals surface area contributed by atoms with Crippen molar-refractivity contribution in [1.29, 1.82) is 0 Å². The van der Waals surface area contributed by atoms with Crippen LogP contribution in [-0.2, 0) is 23.8 Å². The quantitative estimate of drug-likeness (QED) is 0.421. The summed E-state index contributed by atoms with van der Waals surface area (Å²) in [4.78, 5) is 21.4. The molecule has 0 radical (unpaired) electrons. The van der Waals surface area contributed by atoms with Crippen molar-refractivity contribution in [2.24, 2.45) is 0 Å². The van der Waals surface area contributed by atoms with Gasteiger partial charge in [-0.15, -0.1) is 0 Å². The lowest BCUT2D eigenvalue weighted by atomic mass is 10.2. The van der Waals surface area contributed by atoms with Crippen molar-refractivity contribution in [1.82, 2.24) is 0 Å². The lowest BCUT2D eigenvalue weighted by Gasteiger charge is -2.11. The Kier molecular flexibility index (Phi) is 5.95. The molecule has 0 fully saturated rings. The minimum Gasteiger partial charge on any atom is -0.468 e. The Morgan fingerprint density at radius 2 is 2.00 bits per heavy atom. The number of methoxy groups -OCH3 is 1. The van der Waals surface area contributed by atoms with Gasteiger partial charge in [0.15, 0.2) is 0 Å². The molecule has 1 rings (SSSR count). The van der Waals surface area contributed by atoms with E-state index in [4.69, 9.17) is 9.47 Å². The molecule has 0 N–H and O–H groups in total. The van der Waals surface area contributed by atoms with Gasteiger partial charge in [-0.25, -0.2) is 0 Å². The maximum absolute atomic E-state index is 10.8. The molecule has 0 amide bonds. The predicted molar refractivity (Wildman–Crippen MR) is 63.5 cm³/mol. The van der Waals surface area contributed by atoms with E-state index >= 15 is 0 Å². The first-order valence-corrected chi connectivity index (χ1v) is 5.61. The third-order valence-electron chi connectivity index (χ3n) is 2.23. The number of hydrogen-bond donors (Lipinski definition) is 0. The second-order valence-electron chi connectivity index (χ2n) is 3.71. The summed E-state index contributed by atoms with van der Waals surface area (Å²) in [7, 11) is 1.33. The maximum atomic E-state index is 10.8. The van der Waals surface area contributed by atoms with Crippen molar-refractivity contribution >= 4 is 11.9 Å². The maximum Gasteiger partial charge on any atom is 0.317 e. The van der Waals surface area contributed by atoms with E-state index in [1.54, 1.807) is 0 Å². The van der Waals surface area contributed by atoms with E-state index in [0.717, 1.165) is 0 Å². The van der Waals surface area contributed by atoms with Crippen LogP contribution in [0.15, 0.2) is 12.2 Å². The summed E-state index contributed by atoms with van der Waals surface area (Å²) >= 11 is 0. The molecular formula is C13H16O5. The van der Waals surface area contributed by atoms with Crippen LogP contribution in [-0.4, -0.2) is 37.9 Å². The van der Waals surface area contributed by atoms with Crippen LogP contribution in [0.25, 0.3) is 0 Å².